The summed E-state index contributed by atoms with van der Waals surface area (Å²) >= 11 is 3.87. The quantitative estimate of drug-likeness (QED) is 0.551. The van der Waals surface area contributed by atoms with E-state index in [0.717, 1.165) is 0 Å². The van der Waals surface area contributed by atoms with Crippen LogP contribution in [0.15, 0.2) is 17.3 Å². The van der Waals surface area contributed by atoms with Gasteiger partial charge in [-0.15, -0.1) is 5.10 Å². The molecule has 0 aromatic carbocycles. The highest BCUT2D eigenvalue weighted by molar-refractivity contribution is 7.80. The fraction of sp³-hybridized carbons (Fsp3) is 0.462. The highest BCUT2D eigenvalue weighted by Crippen LogP contribution is 2.07. The highest BCUT2D eigenvalue weighted by Gasteiger charge is 2.20. The number of carbonyl (C=O) groups excluding carboxylic acids is 1. The summed E-state index contributed by atoms with van der Waals surface area (Å²) in [4.78, 5) is 27.1. The van der Waals surface area contributed by atoms with Gasteiger partial charge in [-0.3, -0.25) is 9.79 Å². The molecule has 0 bridgehead atoms. The number of aliphatic imine (C=N–C) groups is 1. The number of carbonyl (C=O) groups is 2. The Morgan fingerprint density at radius 3 is 2.71 bits per heavy atom. The summed E-state index contributed by atoms with van der Waals surface area (Å²) in [6.45, 7) is 5.82. The fourth-order valence-electron chi connectivity index (χ4n) is 1.25. The van der Waals surface area contributed by atoms with Crippen molar-refractivity contribution in [3.63, 3.8) is 0 Å². The number of carboxylic acids is 1. The molecule has 1 amide bonds. The van der Waals surface area contributed by atoms with Gasteiger partial charge >= 0.3 is 5.97 Å². The van der Waals surface area contributed by atoms with Crippen molar-refractivity contribution in [1.82, 2.24) is 15.5 Å². The second-order valence-corrected chi connectivity index (χ2v) is 5.72. The number of hydrogen-bond donors (Lipinski definition) is 3. The van der Waals surface area contributed by atoms with Crippen LogP contribution in [-0.2, 0) is 4.79 Å². The lowest BCUT2D eigenvalue weighted by molar-refractivity contribution is -0.138. The molecule has 0 saturated carbocycles. The van der Waals surface area contributed by atoms with E-state index in [9.17, 15) is 9.59 Å². The van der Waals surface area contributed by atoms with Gasteiger partial charge in [-0.25, -0.2) is 4.79 Å². The first-order valence-corrected chi connectivity index (χ1v) is 6.88. The second-order valence-electron chi connectivity index (χ2n) is 5.35. The lowest BCUT2D eigenvalue weighted by Gasteiger charge is -2.12. The van der Waals surface area contributed by atoms with E-state index < -0.39 is 17.9 Å². The fourth-order valence-corrected chi connectivity index (χ4v) is 1.50. The van der Waals surface area contributed by atoms with Gasteiger partial charge in [-0.1, -0.05) is 0 Å². The van der Waals surface area contributed by atoms with Gasteiger partial charge in [0.25, 0.3) is 5.91 Å². The molecule has 0 radical (unpaired) electrons. The molecule has 21 heavy (non-hydrogen) atoms. The first kappa shape index (κ1) is 17.1. The van der Waals surface area contributed by atoms with Crippen molar-refractivity contribution in [1.29, 1.82) is 0 Å². The van der Waals surface area contributed by atoms with Crippen molar-refractivity contribution >= 4 is 30.7 Å². The molecule has 7 nitrogen and oxygen atoms in total. The van der Waals surface area contributed by atoms with Crippen LogP contribution in [0.2, 0.25) is 0 Å². The topological polar surface area (TPSA) is 105 Å². The van der Waals surface area contributed by atoms with Gasteiger partial charge in [0.15, 0.2) is 5.69 Å². The van der Waals surface area contributed by atoms with Crippen LogP contribution >= 0.6 is 12.6 Å². The summed E-state index contributed by atoms with van der Waals surface area (Å²) in [6, 6.07) is 0.421. The average Bonchev–Trinajstić information content (AvgIpc) is 2.41. The van der Waals surface area contributed by atoms with Gasteiger partial charge in [0.1, 0.15) is 6.04 Å². The average molecular weight is 310 g/mol. The van der Waals surface area contributed by atoms with Crippen LogP contribution in [-0.4, -0.2) is 50.7 Å². The zero-order valence-electron chi connectivity index (χ0n) is 12.1. The van der Waals surface area contributed by atoms with Crippen molar-refractivity contribution in [3.8, 4) is 0 Å². The van der Waals surface area contributed by atoms with Gasteiger partial charge in [-0.2, -0.15) is 17.7 Å². The van der Waals surface area contributed by atoms with Crippen LogP contribution in [0.5, 0.6) is 0 Å². The number of aliphatic carboxylic acids is 1. The molecule has 1 unspecified atom stereocenters. The first-order chi connectivity index (χ1) is 9.73. The van der Waals surface area contributed by atoms with Crippen molar-refractivity contribution in [2.24, 2.45) is 4.99 Å². The highest BCUT2D eigenvalue weighted by atomic mass is 32.1. The van der Waals surface area contributed by atoms with E-state index in [0.29, 0.717) is 5.56 Å². The van der Waals surface area contributed by atoms with E-state index in [1.54, 1.807) is 6.21 Å². The molecule has 1 atom stereocenters. The van der Waals surface area contributed by atoms with E-state index in [-0.39, 0.29) is 17.0 Å². The third-order valence-electron chi connectivity index (χ3n) is 2.30. The van der Waals surface area contributed by atoms with Crippen molar-refractivity contribution in [2.75, 3.05) is 5.75 Å². The Bertz CT molecular complexity index is 555. The van der Waals surface area contributed by atoms with Crippen molar-refractivity contribution in [2.45, 2.75) is 32.4 Å². The third-order valence-corrected chi connectivity index (χ3v) is 2.66. The van der Waals surface area contributed by atoms with E-state index in [2.05, 4.69) is 33.1 Å². The largest absolute Gasteiger partial charge is 0.480 e. The second kappa shape index (κ2) is 7.16. The molecule has 0 fully saturated rings. The summed E-state index contributed by atoms with van der Waals surface area (Å²) in [5.74, 6) is -1.79. The standard InChI is InChI=1S/C13H18N4O3S/c1-13(2,3)14-5-8-4-9(17-15-6-8)11(18)16-10(7-21)12(19)20/h4-6,10,21H,7H2,1-3H3,(H,16,18)(H,19,20). The first-order valence-electron chi connectivity index (χ1n) is 6.25. The van der Waals surface area contributed by atoms with Crippen molar-refractivity contribution in [3.05, 3.63) is 23.5 Å². The molecule has 1 rings (SSSR count). The van der Waals surface area contributed by atoms with Crippen LogP contribution in [0.3, 0.4) is 0 Å². The maximum Gasteiger partial charge on any atom is 0.327 e. The van der Waals surface area contributed by atoms with Crippen LogP contribution in [0.4, 0.5) is 0 Å². The summed E-state index contributed by atoms with van der Waals surface area (Å²) in [5, 5.41) is 18.6. The molecular formula is C13H18N4O3S. The van der Waals surface area contributed by atoms with Crippen LogP contribution < -0.4 is 5.32 Å². The number of aromatic nitrogens is 2. The molecule has 0 spiro atoms. The van der Waals surface area contributed by atoms with Gasteiger partial charge in [0.2, 0.25) is 0 Å². The number of amides is 1. The number of rotatable bonds is 5. The van der Waals surface area contributed by atoms with Crippen LogP contribution in [0, 0.1) is 0 Å². The number of carboxylic acid groups (broad SMARTS) is 1. The molecule has 0 aliphatic rings. The Labute approximate surface area is 128 Å². The summed E-state index contributed by atoms with van der Waals surface area (Å²) in [5.41, 5.74) is 0.398. The zero-order valence-corrected chi connectivity index (χ0v) is 13.0. The lowest BCUT2D eigenvalue weighted by atomic mass is 10.1. The predicted octanol–water partition coefficient (Wildman–Crippen LogP) is 0.807. The van der Waals surface area contributed by atoms with Gasteiger partial charge in [0, 0.05) is 17.5 Å². The minimum atomic E-state index is -1.16. The zero-order chi connectivity index (χ0) is 16.0. The van der Waals surface area contributed by atoms with Gasteiger partial charge < -0.3 is 10.4 Å². The number of thiol groups is 1. The molecule has 1 heterocycles. The number of nitrogens with one attached hydrogen (secondary N) is 1. The molecule has 0 aliphatic heterocycles. The van der Waals surface area contributed by atoms with Gasteiger partial charge in [-0.05, 0) is 26.8 Å². The Kier molecular flexibility index (Phi) is 5.83. The van der Waals surface area contributed by atoms with Crippen LogP contribution in [0.1, 0.15) is 36.8 Å². The monoisotopic (exact) mass is 310 g/mol. The number of hydrogen-bond acceptors (Lipinski definition) is 6. The summed E-state index contributed by atoms with van der Waals surface area (Å²) < 4.78 is 0. The van der Waals surface area contributed by atoms with Gasteiger partial charge in [0.05, 0.1) is 11.7 Å². The molecule has 0 aliphatic carbocycles. The van der Waals surface area contributed by atoms with Crippen molar-refractivity contribution < 1.29 is 14.7 Å². The van der Waals surface area contributed by atoms with Crippen LogP contribution in [0.25, 0.3) is 0 Å². The van der Waals surface area contributed by atoms with E-state index in [4.69, 9.17) is 5.11 Å². The lowest BCUT2D eigenvalue weighted by Crippen LogP contribution is -2.42. The Morgan fingerprint density at radius 2 is 2.19 bits per heavy atom. The van der Waals surface area contributed by atoms with E-state index >= 15 is 0 Å². The summed E-state index contributed by atoms with van der Waals surface area (Å²) in [7, 11) is 0. The maximum absolute atomic E-state index is 11.9. The normalized spacial score (nSPS) is 13.1. The van der Waals surface area contributed by atoms with E-state index in [1.165, 1.54) is 12.3 Å². The minimum absolute atomic E-state index is 0.0142. The third kappa shape index (κ3) is 5.90. The molecule has 2 N–H and O–H groups in total. The van der Waals surface area contributed by atoms with E-state index in [1.807, 2.05) is 20.8 Å². The smallest absolute Gasteiger partial charge is 0.327 e. The Balaban J connectivity index is 2.87. The SMILES string of the molecule is CC(C)(C)N=Cc1cnnc(C(=O)NC(CS)C(=O)O)c1. The molecule has 114 valence electrons. The summed E-state index contributed by atoms with van der Waals surface area (Å²) in [6.07, 6.45) is 3.07. The number of nitrogens with zero attached hydrogens (tertiary/aromatic N) is 3. The molecule has 8 heteroatoms. The molecular weight excluding hydrogens is 292 g/mol. The predicted molar refractivity (Wildman–Crippen MR) is 82.1 cm³/mol. The Hall–Kier alpha value is -1.96. The molecule has 1 aromatic rings. The molecule has 0 saturated heterocycles. The Morgan fingerprint density at radius 1 is 1.52 bits per heavy atom. The molecule has 1 aromatic heterocycles. The maximum atomic E-state index is 11.9. The minimum Gasteiger partial charge on any atom is -0.480 e.